The fourth-order valence-corrected chi connectivity index (χ4v) is 5.32. The third-order valence-corrected chi connectivity index (χ3v) is 6.89. The number of nitrogens with one attached hydrogen (secondary N) is 1. The van der Waals surface area contributed by atoms with Gasteiger partial charge in [0, 0.05) is 0 Å². The first-order chi connectivity index (χ1) is 14.1. The Kier molecular flexibility index (Phi) is 4.92. The van der Waals surface area contributed by atoms with Gasteiger partial charge in [-0.3, -0.25) is 0 Å². The molecule has 0 bridgehead atoms. The van der Waals surface area contributed by atoms with Crippen LogP contribution in [0.4, 0.5) is 18.9 Å². The number of halogens is 3. The molecule has 0 unspecified atom stereocenters. The minimum atomic E-state index is -4.39. The molecule has 1 aromatic heterocycles. The van der Waals surface area contributed by atoms with E-state index in [1.807, 2.05) is 0 Å². The molecule has 152 valence electrons. The van der Waals surface area contributed by atoms with Gasteiger partial charge in [-0.25, -0.2) is 0 Å². The van der Waals surface area contributed by atoms with Crippen LogP contribution in [0.15, 0.2) is 48.5 Å². The van der Waals surface area contributed by atoms with Gasteiger partial charge in [0.2, 0.25) is 0 Å². The predicted octanol–water partition coefficient (Wildman–Crippen LogP) is 4.93. The molecule has 1 aliphatic heterocycles. The first kappa shape index (κ1) is 20.2. The van der Waals surface area contributed by atoms with Gasteiger partial charge in [-0.05, 0) is 0 Å². The maximum absolute atomic E-state index is 12.8. The average Bonchev–Trinajstić information content (AvgIpc) is 3.20. The van der Waals surface area contributed by atoms with Crippen molar-refractivity contribution in [3.63, 3.8) is 0 Å². The molecule has 4 nitrogen and oxygen atoms in total. The van der Waals surface area contributed by atoms with Crippen molar-refractivity contribution in [1.82, 2.24) is 0 Å². The molecule has 0 spiro atoms. The number of aromatic carboxylic acids is 1. The molecule has 0 fully saturated rings. The van der Waals surface area contributed by atoms with E-state index in [0.717, 1.165) is 21.0 Å². The van der Waals surface area contributed by atoms with E-state index in [-0.39, 0.29) is 26.0 Å². The van der Waals surface area contributed by atoms with Crippen molar-refractivity contribution < 1.29 is 27.9 Å². The summed E-state index contributed by atoms with van der Waals surface area (Å²) in [6, 6.07) is 11.6. The molecule has 0 saturated heterocycles. The van der Waals surface area contributed by atoms with Crippen LogP contribution in [0.3, 0.4) is 0 Å². The Labute approximate surface area is 175 Å². The number of benzene rings is 2. The third-order valence-electron chi connectivity index (χ3n) is 4.80. The molecule has 2 heterocycles. The number of anilines is 1. The third kappa shape index (κ3) is 3.72. The van der Waals surface area contributed by atoms with E-state index in [1.54, 1.807) is 37.3 Å². The van der Waals surface area contributed by atoms with Crippen LogP contribution in [0.5, 0.6) is 0 Å². The second kappa shape index (κ2) is 7.31. The Hall–Kier alpha value is -3.09. The standard InChI is InChI=1S/C22H14F3NO3Se/c1-11-17(21(28)29)9-15(30-11)10-18-16-7-4-13(8-19(16)26-20(18)27)12-2-5-14(6-3-12)22(23,24)25/h2-10H,1H3,(H,26,27)(H,28,29)/b18-10-. The van der Waals surface area contributed by atoms with Crippen molar-refractivity contribution in [2.45, 2.75) is 13.1 Å². The molecule has 0 radical (unpaired) electrons. The number of fused-ring (bicyclic) bond motifs is 1. The van der Waals surface area contributed by atoms with Crippen molar-refractivity contribution in [3.8, 4) is 11.1 Å². The number of carboxylic acid groups (broad SMARTS) is 1. The Morgan fingerprint density at radius 2 is 1.73 bits per heavy atom. The maximum atomic E-state index is 12.8. The number of carbonyl (C=O) groups excluding carboxylic acids is 1. The SMILES string of the molecule is Cc1[se]c(/C=C2\C(=O)Nc3cc(-c4ccc(C(F)(F)F)cc4)ccc32)cc1C(=O)O. The van der Waals surface area contributed by atoms with Gasteiger partial charge in [0.15, 0.2) is 0 Å². The molecule has 2 N–H and O–H groups in total. The number of rotatable bonds is 3. The number of amides is 1. The van der Waals surface area contributed by atoms with E-state index in [9.17, 15) is 27.9 Å². The van der Waals surface area contributed by atoms with E-state index >= 15 is 0 Å². The van der Waals surface area contributed by atoms with Crippen molar-refractivity contribution in [2.75, 3.05) is 5.32 Å². The zero-order valence-electron chi connectivity index (χ0n) is 15.5. The Morgan fingerprint density at radius 1 is 1.07 bits per heavy atom. The van der Waals surface area contributed by atoms with Crippen molar-refractivity contribution in [2.24, 2.45) is 0 Å². The summed E-state index contributed by atoms with van der Waals surface area (Å²) in [5, 5.41) is 12.0. The zero-order valence-corrected chi connectivity index (χ0v) is 17.2. The number of carbonyl (C=O) groups is 2. The van der Waals surface area contributed by atoms with Crippen LogP contribution in [0, 0.1) is 6.92 Å². The van der Waals surface area contributed by atoms with E-state index < -0.39 is 17.7 Å². The van der Waals surface area contributed by atoms with Crippen LogP contribution >= 0.6 is 0 Å². The summed E-state index contributed by atoms with van der Waals surface area (Å²) in [4.78, 5) is 23.7. The van der Waals surface area contributed by atoms with Gasteiger partial charge >= 0.3 is 162 Å². The normalized spacial score (nSPS) is 14.7. The van der Waals surface area contributed by atoms with E-state index in [0.29, 0.717) is 28.0 Å². The molecule has 1 amide bonds. The van der Waals surface area contributed by atoms with E-state index in [1.165, 1.54) is 12.1 Å². The number of carboxylic acids is 1. The Balaban J connectivity index is 1.68. The summed E-state index contributed by atoms with van der Waals surface area (Å²) in [6.45, 7) is 1.77. The average molecular weight is 476 g/mol. The van der Waals surface area contributed by atoms with Gasteiger partial charge in [-0.2, -0.15) is 13.2 Å². The number of aryl methyl sites for hydroxylation is 1. The second-order valence-corrected chi connectivity index (χ2v) is 9.47. The van der Waals surface area contributed by atoms with Crippen molar-refractivity contribution in [1.29, 1.82) is 0 Å². The van der Waals surface area contributed by atoms with Gasteiger partial charge in [-0.15, -0.1) is 0 Å². The second-order valence-electron chi connectivity index (χ2n) is 6.77. The summed E-state index contributed by atoms with van der Waals surface area (Å²) in [5.74, 6) is -1.28. The summed E-state index contributed by atoms with van der Waals surface area (Å²) in [6.07, 6.45) is -2.69. The van der Waals surface area contributed by atoms with Crippen LogP contribution in [0.1, 0.15) is 30.4 Å². The number of hydrogen-bond donors (Lipinski definition) is 2. The molecule has 0 saturated carbocycles. The molecule has 30 heavy (non-hydrogen) atoms. The van der Waals surface area contributed by atoms with Gasteiger partial charge < -0.3 is 0 Å². The van der Waals surface area contributed by atoms with Crippen LogP contribution in [0.2, 0.25) is 0 Å². The fourth-order valence-electron chi connectivity index (χ4n) is 3.30. The molecule has 4 rings (SSSR count). The van der Waals surface area contributed by atoms with E-state index in [2.05, 4.69) is 5.32 Å². The molecular weight excluding hydrogens is 462 g/mol. The summed E-state index contributed by atoms with van der Waals surface area (Å²) in [7, 11) is 0. The molecule has 8 heteroatoms. The Morgan fingerprint density at radius 3 is 2.33 bits per heavy atom. The van der Waals surface area contributed by atoms with Gasteiger partial charge in [0.1, 0.15) is 0 Å². The fraction of sp³-hybridized carbons (Fsp3) is 0.0909. The number of hydrogen-bond acceptors (Lipinski definition) is 2. The number of alkyl halides is 3. The van der Waals surface area contributed by atoms with Gasteiger partial charge in [-0.1, -0.05) is 0 Å². The van der Waals surface area contributed by atoms with E-state index in [4.69, 9.17) is 0 Å². The van der Waals surface area contributed by atoms with Gasteiger partial charge in [0.25, 0.3) is 0 Å². The molecular formula is C22H14F3NO3Se. The van der Waals surface area contributed by atoms with Crippen molar-refractivity contribution in [3.05, 3.63) is 74.1 Å². The van der Waals surface area contributed by atoms with Crippen LogP contribution in [-0.2, 0) is 11.0 Å². The molecule has 0 atom stereocenters. The topological polar surface area (TPSA) is 66.4 Å². The minimum absolute atomic E-state index is 0.163. The molecule has 1 aliphatic rings. The van der Waals surface area contributed by atoms with Crippen LogP contribution < -0.4 is 5.32 Å². The predicted molar refractivity (Wildman–Crippen MR) is 108 cm³/mol. The Bertz CT molecular complexity index is 1210. The van der Waals surface area contributed by atoms with Gasteiger partial charge in [0.05, 0.1) is 0 Å². The quantitative estimate of drug-likeness (QED) is 0.416. The van der Waals surface area contributed by atoms with Crippen molar-refractivity contribution >= 4 is 43.7 Å². The summed E-state index contributed by atoms with van der Waals surface area (Å²) >= 11 is -0.163. The first-order valence-corrected chi connectivity index (χ1v) is 10.5. The summed E-state index contributed by atoms with van der Waals surface area (Å²) in [5.41, 5.74) is 2.51. The molecule has 2 aromatic carbocycles. The summed E-state index contributed by atoms with van der Waals surface area (Å²) < 4.78 is 39.8. The monoisotopic (exact) mass is 477 g/mol. The first-order valence-electron chi connectivity index (χ1n) is 8.82. The zero-order chi connectivity index (χ0) is 21.6. The molecule has 0 aliphatic carbocycles. The molecule has 3 aromatic rings. The van der Waals surface area contributed by atoms with Crippen LogP contribution in [0.25, 0.3) is 22.8 Å². The van der Waals surface area contributed by atoms with Crippen LogP contribution in [-0.4, -0.2) is 31.5 Å².